The van der Waals surface area contributed by atoms with Crippen molar-refractivity contribution in [3.63, 3.8) is 0 Å². The van der Waals surface area contributed by atoms with Crippen LogP contribution in [-0.4, -0.2) is 19.9 Å². The van der Waals surface area contributed by atoms with Crippen molar-refractivity contribution in [2.45, 2.75) is 0 Å². The van der Waals surface area contributed by atoms with Crippen molar-refractivity contribution in [3.05, 3.63) is 36.0 Å². The molecule has 0 aliphatic carbocycles. The number of aromatic amines is 1. The third-order valence-corrected chi connectivity index (χ3v) is 5.06. The maximum Gasteiger partial charge on any atom is 0.222 e. The molecule has 0 saturated carbocycles. The predicted molar refractivity (Wildman–Crippen MR) is 82.7 cm³/mol. The molecule has 0 spiro atoms. The number of thiophene rings is 2. The molecule has 0 bridgehead atoms. The van der Waals surface area contributed by atoms with E-state index in [-0.39, 0.29) is 5.95 Å². The number of fused-ring (bicyclic) bond motifs is 1. The molecule has 4 heterocycles. The van der Waals surface area contributed by atoms with Gasteiger partial charge in [-0.1, -0.05) is 6.07 Å². The van der Waals surface area contributed by atoms with Crippen LogP contribution in [0.5, 0.6) is 0 Å². The van der Waals surface area contributed by atoms with Gasteiger partial charge in [0.15, 0.2) is 5.65 Å². The number of hydrogen-bond acceptors (Lipinski definition) is 6. The number of anilines is 1. The van der Waals surface area contributed by atoms with E-state index in [1.165, 1.54) is 9.75 Å². The smallest absolute Gasteiger partial charge is 0.222 e. The summed E-state index contributed by atoms with van der Waals surface area (Å²) in [6.07, 6.45) is 1.61. The molecule has 98 valence electrons. The van der Waals surface area contributed by atoms with E-state index >= 15 is 0 Å². The Morgan fingerprint density at radius 2 is 1.95 bits per heavy atom. The second-order valence-corrected chi connectivity index (χ2v) is 6.20. The van der Waals surface area contributed by atoms with Crippen molar-refractivity contribution in [2.24, 2.45) is 0 Å². The predicted octanol–water partition coefficient (Wildman–Crippen LogP) is 3.39. The summed E-state index contributed by atoms with van der Waals surface area (Å²) in [7, 11) is 0. The fraction of sp³-hybridized carbons (Fsp3) is 0. The highest BCUT2D eigenvalue weighted by Crippen LogP contribution is 2.37. The van der Waals surface area contributed by atoms with E-state index in [0.717, 1.165) is 16.1 Å². The number of H-pyrrole nitrogens is 1. The third kappa shape index (κ3) is 1.79. The Hall–Kier alpha value is -2.25. The summed E-state index contributed by atoms with van der Waals surface area (Å²) in [6.45, 7) is 0. The van der Waals surface area contributed by atoms with Gasteiger partial charge >= 0.3 is 0 Å². The molecule has 4 aromatic rings. The second-order valence-electron chi connectivity index (χ2n) is 4.17. The Morgan fingerprint density at radius 3 is 2.80 bits per heavy atom. The lowest BCUT2D eigenvalue weighted by Crippen LogP contribution is -1.96. The standard InChI is InChI=1S/C13H9N5S2/c14-13-17-10(11-12(18-13)16-6-15-11)9-4-3-8(20-9)7-2-1-5-19-7/h1-6H,(H3,14,15,16,17,18). The van der Waals surface area contributed by atoms with Gasteiger partial charge in [-0.15, -0.1) is 22.7 Å². The van der Waals surface area contributed by atoms with Crippen LogP contribution < -0.4 is 5.73 Å². The molecule has 0 unspecified atom stereocenters. The lowest BCUT2D eigenvalue weighted by atomic mass is 10.3. The second kappa shape index (κ2) is 4.39. The Balaban J connectivity index is 1.89. The number of nitrogen functional groups attached to an aromatic ring is 1. The molecule has 0 radical (unpaired) electrons. The van der Waals surface area contributed by atoms with Gasteiger partial charge < -0.3 is 10.7 Å². The quantitative estimate of drug-likeness (QED) is 0.594. The molecular weight excluding hydrogens is 290 g/mol. The molecule has 4 aromatic heterocycles. The Labute approximate surface area is 122 Å². The molecule has 0 atom stereocenters. The van der Waals surface area contributed by atoms with Crippen LogP contribution >= 0.6 is 22.7 Å². The highest BCUT2D eigenvalue weighted by atomic mass is 32.1. The molecule has 3 N–H and O–H groups in total. The van der Waals surface area contributed by atoms with E-state index < -0.39 is 0 Å². The maximum atomic E-state index is 5.75. The van der Waals surface area contributed by atoms with Crippen LogP contribution in [0.2, 0.25) is 0 Å². The zero-order valence-corrected chi connectivity index (χ0v) is 11.8. The van der Waals surface area contributed by atoms with Gasteiger partial charge in [0.2, 0.25) is 5.95 Å². The van der Waals surface area contributed by atoms with E-state index in [4.69, 9.17) is 5.73 Å². The number of nitrogens with one attached hydrogen (secondary N) is 1. The minimum Gasteiger partial charge on any atom is -0.368 e. The van der Waals surface area contributed by atoms with Crippen LogP contribution in [0.3, 0.4) is 0 Å². The molecule has 0 saturated heterocycles. The molecule has 5 nitrogen and oxygen atoms in total. The molecule has 7 heteroatoms. The minimum atomic E-state index is 0.241. The van der Waals surface area contributed by atoms with Gasteiger partial charge in [0, 0.05) is 9.75 Å². The van der Waals surface area contributed by atoms with Crippen LogP contribution in [0.4, 0.5) is 5.95 Å². The third-order valence-electron chi connectivity index (χ3n) is 2.91. The van der Waals surface area contributed by atoms with Crippen molar-refractivity contribution < 1.29 is 0 Å². The van der Waals surface area contributed by atoms with E-state index in [9.17, 15) is 0 Å². The summed E-state index contributed by atoms with van der Waals surface area (Å²) >= 11 is 3.41. The van der Waals surface area contributed by atoms with Crippen molar-refractivity contribution >= 4 is 39.8 Å². The van der Waals surface area contributed by atoms with E-state index in [1.54, 1.807) is 29.0 Å². The van der Waals surface area contributed by atoms with Gasteiger partial charge in [0.25, 0.3) is 0 Å². The zero-order valence-electron chi connectivity index (χ0n) is 10.2. The van der Waals surface area contributed by atoms with Gasteiger partial charge in [-0.2, -0.15) is 4.98 Å². The highest BCUT2D eigenvalue weighted by Gasteiger charge is 2.13. The number of hydrogen-bond donors (Lipinski definition) is 2. The monoisotopic (exact) mass is 299 g/mol. The Kier molecular flexibility index (Phi) is 2.54. The number of nitrogens with two attached hydrogens (primary N) is 1. The summed E-state index contributed by atoms with van der Waals surface area (Å²) in [5, 5.41) is 2.07. The molecule has 0 aliphatic rings. The first kappa shape index (κ1) is 11.6. The average molecular weight is 299 g/mol. The number of aromatic nitrogens is 4. The SMILES string of the molecule is Nc1nc(-c2ccc(-c3cccs3)s2)c2[nH]cnc2n1. The molecule has 0 aliphatic heterocycles. The van der Waals surface area contributed by atoms with Crippen LogP contribution in [0.1, 0.15) is 0 Å². The van der Waals surface area contributed by atoms with E-state index in [1.807, 2.05) is 0 Å². The van der Waals surface area contributed by atoms with Crippen LogP contribution in [0.25, 0.3) is 31.5 Å². The van der Waals surface area contributed by atoms with Gasteiger partial charge in [-0.3, -0.25) is 0 Å². The topological polar surface area (TPSA) is 80.5 Å². The highest BCUT2D eigenvalue weighted by molar-refractivity contribution is 7.23. The number of rotatable bonds is 2. The summed E-state index contributed by atoms with van der Waals surface area (Å²) < 4.78 is 0. The summed E-state index contributed by atoms with van der Waals surface area (Å²) in [5.41, 5.74) is 7.97. The molecule has 0 amide bonds. The molecule has 0 aromatic carbocycles. The van der Waals surface area contributed by atoms with Crippen LogP contribution in [0.15, 0.2) is 36.0 Å². The Morgan fingerprint density at radius 1 is 1.05 bits per heavy atom. The first-order chi connectivity index (χ1) is 9.81. The van der Waals surface area contributed by atoms with Crippen LogP contribution in [-0.2, 0) is 0 Å². The average Bonchev–Trinajstić information content (AvgIpc) is 3.18. The van der Waals surface area contributed by atoms with E-state index in [0.29, 0.717) is 5.65 Å². The first-order valence-electron chi connectivity index (χ1n) is 5.92. The summed E-state index contributed by atoms with van der Waals surface area (Å²) in [4.78, 5) is 19.2. The van der Waals surface area contributed by atoms with Crippen molar-refractivity contribution in [2.75, 3.05) is 5.73 Å². The van der Waals surface area contributed by atoms with Crippen molar-refractivity contribution in [1.29, 1.82) is 0 Å². The molecule has 20 heavy (non-hydrogen) atoms. The molecule has 0 fully saturated rings. The van der Waals surface area contributed by atoms with Gasteiger partial charge in [-0.05, 0) is 23.6 Å². The lowest BCUT2D eigenvalue weighted by Gasteiger charge is -1.99. The van der Waals surface area contributed by atoms with Gasteiger partial charge in [0.1, 0.15) is 11.2 Å². The molecular formula is C13H9N5S2. The first-order valence-corrected chi connectivity index (χ1v) is 7.61. The lowest BCUT2D eigenvalue weighted by molar-refractivity contribution is 1.22. The normalized spacial score (nSPS) is 11.2. The van der Waals surface area contributed by atoms with Gasteiger partial charge in [-0.25, -0.2) is 9.97 Å². The summed E-state index contributed by atoms with van der Waals surface area (Å²) in [5.74, 6) is 0.241. The van der Waals surface area contributed by atoms with E-state index in [2.05, 4.69) is 49.6 Å². The van der Waals surface area contributed by atoms with Crippen molar-refractivity contribution in [3.8, 4) is 20.3 Å². The largest absolute Gasteiger partial charge is 0.368 e. The Bertz CT molecular complexity index is 875. The number of nitrogens with zero attached hydrogens (tertiary/aromatic N) is 3. The fourth-order valence-electron chi connectivity index (χ4n) is 2.04. The van der Waals surface area contributed by atoms with Gasteiger partial charge in [0.05, 0.1) is 11.2 Å². The fourth-order valence-corrected chi connectivity index (χ4v) is 3.88. The zero-order chi connectivity index (χ0) is 13.5. The molecule has 4 rings (SSSR count). The van der Waals surface area contributed by atoms with Crippen molar-refractivity contribution in [1.82, 2.24) is 19.9 Å². The van der Waals surface area contributed by atoms with Crippen LogP contribution in [0, 0.1) is 0 Å². The maximum absolute atomic E-state index is 5.75. The summed E-state index contributed by atoms with van der Waals surface area (Å²) in [6, 6.07) is 8.32. The number of imidazole rings is 1. The minimum absolute atomic E-state index is 0.241.